The van der Waals surface area contributed by atoms with Crippen LogP contribution in [0.2, 0.25) is 0 Å². The van der Waals surface area contributed by atoms with Crippen LogP contribution in [0.1, 0.15) is 71.1 Å². The molecule has 1 atom stereocenters. The van der Waals surface area contributed by atoms with E-state index in [4.69, 9.17) is 4.74 Å². The lowest BCUT2D eigenvalue weighted by Gasteiger charge is -2.35. The van der Waals surface area contributed by atoms with Crippen LogP contribution in [0.5, 0.6) is 0 Å². The molecule has 2 fully saturated rings. The summed E-state index contributed by atoms with van der Waals surface area (Å²) in [6.45, 7) is 3.20. The number of nitriles is 1. The number of hydrogen-bond acceptors (Lipinski definition) is 2. The Morgan fingerprint density at radius 3 is 2.56 bits per heavy atom. The van der Waals surface area contributed by atoms with E-state index in [2.05, 4.69) is 13.0 Å². The van der Waals surface area contributed by atoms with Crippen molar-refractivity contribution in [3.63, 3.8) is 0 Å². The van der Waals surface area contributed by atoms with E-state index in [1.54, 1.807) is 0 Å². The molecule has 18 heavy (non-hydrogen) atoms. The van der Waals surface area contributed by atoms with Gasteiger partial charge in [0.25, 0.3) is 0 Å². The molecule has 0 bridgehead atoms. The molecule has 0 aromatic carbocycles. The van der Waals surface area contributed by atoms with Crippen molar-refractivity contribution in [3.05, 3.63) is 0 Å². The highest BCUT2D eigenvalue weighted by atomic mass is 16.5. The first-order valence-corrected chi connectivity index (χ1v) is 7.81. The maximum atomic E-state index is 9.54. The molecule has 0 spiro atoms. The summed E-state index contributed by atoms with van der Waals surface area (Å²) < 4.78 is 5.68. The molecule has 1 saturated heterocycles. The highest BCUT2D eigenvalue weighted by Crippen LogP contribution is 2.43. The minimum absolute atomic E-state index is 0.0177. The van der Waals surface area contributed by atoms with Gasteiger partial charge in [0.15, 0.2) is 0 Å². The minimum Gasteiger partial charge on any atom is -0.378 e. The molecule has 0 aromatic heterocycles. The zero-order valence-corrected chi connectivity index (χ0v) is 11.8. The third-order valence-electron chi connectivity index (χ3n) is 4.97. The summed E-state index contributed by atoms with van der Waals surface area (Å²) in [6.07, 6.45) is 12.5. The van der Waals surface area contributed by atoms with Crippen molar-refractivity contribution in [1.82, 2.24) is 0 Å². The van der Waals surface area contributed by atoms with Crippen LogP contribution in [0.15, 0.2) is 0 Å². The first-order chi connectivity index (χ1) is 8.78. The SMILES string of the molecule is CCCC1CCC(C#N)(CCC2CCCO2)CC1. The van der Waals surface area contributed by atoms with Crippen molar-refractivity contribution < 1.29 is 4.74 Å². The topological polar surface area (TPSA) is 33.0 Å². The number of nitrogens with zero attached hydrogens (tertiary/aromatic N) is 1. The minimum atomic E-state index is -0.0177. The Hall–Kier alpha value is -0.550. The normalized spacial score (nSPS) is 36.4. The molecular formula is C16H27NO. The summed E-state index contributed by atoms with van der Waals surface area (Å²) in [5.41, 5.74) is -0.0177. The fraction of sp³-hybridized carbons (Fsp3) is 0.938. The van der Waals surface area contributed by atoms with E-state index in [-0.39, 0.29) is 5.41 Å². The molecule has 1 saturated carbocycles. The molecule has 0 aromatic rings. The first-order valence-electron chi connectivity index (χ1n) is 7.81. The molecule has 0 N–H and O–H groups in total. The monoisotopic (exact) mass is 249 g/mol. The van der Waals surface area contributed by atoms with Gasteiger partial charge in [-0.1, -0.05) is 19.8 Å². The maximum Gasteiger partial charge on any atom is 0.0689 e. The third-order valence-corrected chi connectivity index (χ3v) is 4.97. The van der Waals surface area contributed by atoms with Crippen molar-refractivity contribution in [3.8, 4) is 6.07 Å². The van der Waals surface area contributed by atoms with Crippen LogP contribution in [-0.4, -0.2) is 12.7 Å². The standard InChI is InChI=1S/C16H27NO/c1-2-4-14-6-9-16(13-17,10-7-14)11-8-15-5-3-12-18-15/h14-15H,2-12H2,1H3. The number of rotatable bonds is 5. The second kappa shape index (κ2) is 6.57. The molecule has 2 heteroatoms. The average Bonchev–Trinajstić information content (AvgIpc) is 2.92. The fourth-order valence-corrected chi connectivity index (χ4v) is 3.65. The highest BCUT2D eigenvalue weighted by molar-refractivity contribution is 5.01. The Labute approximate surface area is 112 Å². The van der Waals surface area contributed by atoms with E-state index in [9.17, 15) is 5.26 Å². The predicted octanol–water partition coefficient (Wildman–Crippen LogP) is 4.45. The maximum absolute atomic E-state index is 9.54. The van der Waals surface area contributed by atoms with Gasteiger partial charge < -0.3 is 4.74 Å². The Morgan fingerprint density at radius 2 is 2.00 bits per heavy atom. The van der Waals surface area contributed by atoms with Crippen molar-refractivity contribution in [1.29, 1.82) is 5.26 Å². The van der Waals surface area contributed by atoms with Gasteiger partial charge in [-0.05, 0) is 57.3 Å². The molecule has 2 rings (SSSR count). The molecule has 2 nitrogen and oxygen atoms in total. The fourth-order valence-electron chi connectivity index (χ4n) is 3.65. The van der Waals surface area contributed by atoms with Gasteiger partial charge in [0.1, 0.15) is 0 Å². The van der Waals surface area contributed by atoms with Crippen molar-refractivity contribution in [2.24, 2.45) is 11.3 Å². The van der Waals surface area contributed by atoms with Gasteiger partial charge in [0, 0.05) is 6.61 Å². The second-order valence-corrected chi connectivity index (χ2v) is 6.30. The van der Waals surface area contributed by atoms with E-state index < -0.39 is 0 Å². The van der Waals surface area contributed by atoms with Gasteiger partial charge in [-0.15, -0.1) is 0 Å². The Balaban J connectivity index is 1.78. The highest BCUT2D eigenvalue weighted by Gasteiger charge is 2.35. The van der Waals surface area contributed by atoms with Crippen LogP contribution >= 0.6 is 0 Å². The summed E-state index contributed by atoms with van der Waals surface area (Å²) in [7, 11) is 0. The van der Waals surface area contributed by atoms with Crippen LogP contribution < -0.4 is 0 Å². The summed E-state index contributed by atoms with van der Waals surface area (Å²) in [4.78, 5) is 0. The van der Waals surface area contributed by atoms with Crippen molar-refractivity contribution in [2.45, 2.75) is 77.2 Å². The number of hydrogen-bond donors (Lipinski definition) is 0. The predicted molar refractivity (Wildman–Crippen MR) is 73.1 cm³/mol. The molecule has 1 aliphatic heterocycles. The Kier molecular flexibility index (Phi) is 5.06. The average molecular weight is 249 g/mol. The van der Waals surface area contributed by atoms with Crippen LogP contribution in [0.25, 0.3) is 0 Å². The van der Waals surface area contributed by atoms with E-state index in [1.165, 1.54) is 38.5 Å². The van der Waals surface area contributed by atoms with Crippen LogP contribution in [0, 0.1) is 22.7 Å². The van der Waals surface area contributed by atoms with Gasteiger partial charge >= 0.3 is 0 Å². The van der Waals surface area contributed by atoms with Gasteiger partial charge in [-0.3, -0.25) is 0 Å². The lowest BCUT2D eigenvalue weighted by molar-refractivity contribution is 0.0848. The van der Waals surface area contributed by atoms with Crippen molar-refractivity contribution in [2.75, 3.05) is 6.61 Å². The molecular weight excluding hydrogens is 222 g/mol. The first kappa shape index (κ1) is 13.9. The van der Waals surface area contributed by atoms with Crippen LogP contribution in [0.4, 0.5) is 0 Å². The zero-order valence-electron chi connectivity index (χ0n) is 11.8. The molecule has 0 amide bonds. The van der Waals surface area contributed by atoms with E-state index in [1.807, 2.05) is 0 Å². The summed E-state index contributed by atoms with van der Waals surface area (Å²) >= 11 is 0. The van der Waals surface area contributed by atoms with Gasteiger partial charge in [-0.2, -0.15) is 5.26 Å². The van der Waals surface area contributed by atoms with Crippen LogP contribution in [-0.2, 0) is 4.74 Å². The Morgan fingerprint density at radius 1 is 1.22 bits per heavy atom. The molecule has 1 heterocycles. The molecule has 102 valence electrons. The lowest BCUT2D eigenvalue weighted by atomic mass is 9.68. The van der Waals surface area contributed by atoms with Crippen molar-refractivity contribution >= 4 is 0 Å². The van der Waals surface area contributed by atoms with Gasteiger partial charge in [0.05, 0.1) is 17.6 Å². The second-order valence-electron chi connectivity index (χ2n) is 6.30. The van der Waals surface area contributed by atoms with E-state index >= 15 is 0 Å². The summed E-state index contributed by atoms with van der Waals surface area (Å²) in [6, 6.07) is 2.65. The quantitative estimate of drug-likeness (QED) is 0.721. The lowest BCUT2D eigenvalue weighted by Crippen LogP contribution is -2.27. The van der Waals surface area contributed by atoms with Crippen LogP contribution in [0.3, 0.4) is 0 Å². The molecule has 1 unspecified atom stereocenters. The largest absolute Gasteiger partial charge is 0.378 e. The third kappa shape index (κ3) is 3.48. The smallest absolute Gasteiger partial charge is 0.0689 e. The molecule has 0 radical (unpaired) electrons. The molecule has 1 aliphatic carbocycles. The van der Waals surface area contributed by atoms with E-state index in [0.29, 0.717) is 6.10 Å². The van der Waals surface area contributed by atoms with Gasteiger partial charge in [0.2, 0.25) is 0 Å². The summed E-state index contributed by atoms with van der Waals surface area (Å²) in [5, 5.41) is 9.54. The number of ether oxygens (including phenoxy) is 1. The van der Waals surface area contributed by atoms with E-state index in [0.717, 1.165) is 38.2 Å². The Bertz CT molecular complexity index is 280. The molecule has 2 aliphatic rings. The zero-order chi connectivity index (χ0) is 12.8. The van der Waals surface area contributed by atoms with Gasteiger partial charge in [-0.25, -0.2) is 0 Å². The summed E-state index contributed by atoms with van der Waals surface area (Å²) in [5.74, 6) is 0.888.